The first-order valence-electron chi connectivity index (χ1n) is 7.00. The van der Waals surface area contributed by atoms with Crippen LogP contribution in [0.4, 0.5) is 5.69 Å². The van der Waals surface area contributed by atoms with E-state index in [0.717, 1.165) is 37.2 Å². The zero-order valence-electron chi connectivity index (χ0n) is 11.7. The summed E-state index contributed by atoms with van der Waals surface area (Å²) in [6.07, 6.45) is 2.01. The van der Waals surface area contributed by atoms with Crippen molar-refractivity contribution in [1.29, 1.82) is 0 Å². The van der Waals surface area contributed by atoms with Crippen LogP contribution in [0, 0.1) is 5.92 Å². The van der Waals surface area contributed by atoms with Crippen LogP contribution in [-0.4, -0.2) is 32.0 Å². The molecule has 0 aromatic heterocycles. The molecule has 5 heteroatoms. The minimum Gasteiger partial charge on any atom is -0.359 e. The lowest BCUT2D eigenvalue weighted by Crippen LogP contribution is -2.34. The van der Waals surface area contributed by atoms with E-state index in [9.17, 15) is 9.59 Å². The van der Waals surface area contributed by atoms with Crippen LogP contribution in [0.3, 0.4) is 0 Å². The monoisotopic (exact) mass is 275 g/mol. The minimum atomic E-state index is -0.0615. The third-order valence-electron chi connectivity index (χ3n) is 3.62. The van der Waals surface area contributed by atoms with Crippen molar-refractivity contribution in [1.82, 2.24) is 10.6 Å². The molecule has 2 amide bonds. The largest absolute Gasteiger partial charge is 0.359 e. The number of benzene rings is 1. The molecule has 0 unspecified atom stereocenters. The van der Waals surface area contributed by atoms with E-state index in [1.807, 2.05) is 24.3 Å². The summed E-state index contributed by atoms with van der Waals surface area (Å²) in [7, 11) is 1.61. The number of carbonyl (C=O) groups is 2. The number of carbonyl (C=O) groups excluding carboxylic acids is 2. The molecule has 0 atom stereocenters. The third kappa shape index (κ3) is 3.81. The maximum absolute atomic E-state index is 12.2. The number of hydrogen-bond donors (Lipinski definition) is 3. The number of rotatable bonds is 4. The molecule has 0 radical (unpaired) electrons. The van der Waals surface area contributed by atoms with Gasteiger partial charge in [0.2, 0.25) is 11.8 Å². The predicted molar refractivity (Wildman–Crippen MR) is 78.4 cm³/mol. The number of hydrogen-bond acceptors (Lipinski definition) is 3. The standard InChI is InChI=1S/C15H21N3O2/c1-16-14(19)10-12-4-2-3-5-13(12)18-15(20)11-6-8-17-9-7-11/h2-5,11,17H,6-10H2,1H3,(H,16,19)(H,18,20). The molecule has 1 aliphatic rings. The number of amides is 2. The smallest absolute Gasteiger partial charge is 0.227 e. The van der Waals surface area contributed by atoms with Crippen LogP contribution in [0.5, 0.6) is 0 Å². The molecule has 1 aliphatic heterocycles. The summed E-state index contributed by atoms with van der Waals surface area (Å²) in [4.78, 5) is 23.7. The zero-order chi connectivity index (χ0) is 14.4. The average Bonchev–Trinajstić information content (AvgIpc) is 2.50. The highest BCUT2D eigenvalue weighted by Crippen LogP contribution is 2.19. The van der Waals surface area contributed by atoms with Crippen molar-refractivity contribution < 1.29 is 9.59 Å². The van der Waals surface area contributed by atoms with Crippen LogP contribution < -0.4 is 16.0 Å². The van der Waals surface area contributed by atoms with Gasteiger partial charge in [-0.2, -0.15) is 0 Å². The zero-order valence-corrected chi connectivity index (χ0v) is 11.7. The Labute approximate surface area is 119 Å². The molecule has 0 spiro atoms. The molecular weight excluding hydrogens is 254 g/mol. The maximum Gasteiger partial charge on any atom is 0.227 e. The van der Waals surface area contributed by atoms with Gasteiger partial charge in [-0.3, -0.25) is 9.59 Å². The molecule has 3 N–H and O–H groups in total. The number of likely N-dealkylation sites (N-methyl/N-ethyl adjacent to an activating group) is 1. The highest BCUT2D eigenvalue weighted by Gasteiger charge is 2.21. The summed E-state index contributed by atoms with van der Waals surface area (Å²) in [5.74, 6) is 0.0497. The van der Waals surface area contributed by atoms with Crippen LogP contribution in [0.15, 0.2) is 24.3 Å². The summed E-state index contributed by atoms with van der Waals surface area (Å²) >= 11 is 0. The summed E-state index contributed by atoms with van der Waals surface area (Å²) < 4.78 is 0. The first-order chi connectivity index (χ1) is 9.70. The fraction of sp³-hybridized carbons (Fsp3) is 0.467. The molecule has 1 heterocycles. The molecule has 2 rings (SSSR count). The van der Waals surface area contributed by atoms with Crippen molar-refractivity contribution in [3.05, 3.63) is 29.8 Å². The van der Waals surface area contributed by atoms with Crippen molar-refractivity contribution in [2.75, 3.05) is 25.5 Å². The van der Waals surface area contributed by atoms with Gasteiger partial charge in [0.05, 0.1) is 6.42 Å². The van der Waals surface area contributed by atoms with Gasteiger partial charge in [0.1, 0.15) is 0 Å². The summed E-state index contributed by atoms with van der Waals surface area (Å²) in [5, 5.41) is 8.81. The number of nitrogens with one attached hydrogen (secondary N) is 3. The Morgan fingerprint density at radius 3 is 2.65 bits per heavy atom. The molecule has 0 aliphatic carbocycles. The Bertz CT molecular complexity index is 482. The second-order valence-electron chi connectivity index (χ2n) is 5.02. The number of anilines is 1. The van der Waals surface area contributed by atoms with Gasteiger partial charge in [-0.25, -0.2) is 0 Å². The van der Waals surface area contributed by atoms with E-state index in [4.69, 9.17) is 0 Å². The van der Waals surface area contributed by atoms with Crippen molar-refractivity contribution in [3.63, 3.8) is 0 Å². The fourth-order valence-electron chi connectivity index (χ4n) is 2.38. The lowest BCUT2D eigenvalue weighted by Gasteiger charge is -2.22. The second kappa shape index (κ2) is 7.05. The number of piperidine rings is 1. The quantitative estimate of drug-likeness (QED) is 0.765. The molecule has 1 fully saturated rings. The third-order valence-corrected chi connectivity index (χ3v) is 3.62. The predicted octanol–water partition coefficient (Wildman–Crippen LogP) is 0.913. The van der Waals surface area contributed by atoms with Gasteiger partial charge in [0, 0.05) is 18.7 Å². The van der Waals surface area contributed by atoms with E-state index in [-0.39, 0.29) is 24.2 Å². The van der Waals surface area contributed by atoms with Gasteiger partial charge in [-0.05, 0) is 37.6 Å². The van der Waals surface area contributed by atoms with Crippen LogP contribution in [-0.2, 0) is 16.0 Å². The van der Waals surface area contributed by atoms with Gasteiger partial charge in [0.15, 0.2) is 0 Å². The van der Waals surface area contributed by atoms with E-state index in [1.165, 1.54) is 0 Å². The van der Waals surface area contributed by atoms with Crippen LogP contribution in [0.25, 0.3) is 0 Å². The summed E-state index contributed by atoms with van der Waals surface area (Å²) in [5.41, 5.74) is 1.58. The van der Waals surface area contributed by atoms with E-state index in [2.05, 4.69) is 16.0 Å². The average molecular weight is 275 g/mol. The Kier molecular flexibility index (Phi) is 5.12. The highest BCUT2D eigenvalue weighted by atomic mass is 16.2. The molecule has 1 saturated heterocycles. The minimum absolute atomic E-state index is 0.0517. The van der Waals surface area contributed by atoms with Crippen molar-refractivity contribution >= 4 is 17.5 Å². The Hall–Kier alpha value is -1.88. The SMILES string of the molecule is CNC(=O)Cc1ccccc1NC(=O)C1CCNCC1. The fourth-order valence-corrected chi connectivity index (χ4v) is 2.38. The van der Waals surface area contributed by atoms with E-state index >= 15 is 0 Å². The van der Waals surface area contributed by atoms with Gasteiger partial charge < -0.3 is 16.0 Å². The summed E-state index contributed by atoms with van der Waals surface area (Å²) in [6, 6.07) is 7.45. The van der Waals surface area contributed by atoms with Gasteiger partial charge >= 0.3 is 0 Å². The van der Waals surface area contributed by atoms with Crippen LogP contribution >= 0.6 is 0 Å². The van der Waals surface area contributed by atoms with Gasteiger partial charge in [-0.15, -0.1) is 0 Å². The first-order valence-corrected chi connectivity index (χ1v) is 7.00. The molecule has 0 bridgehead atoms. The molecule has 1 aromatic rings. The Morgan fingerprint density at radius 1 is 1.25 bits per heavy atom. The van der Waals surface area contributed by atoms with Crippen molar-refractivity contribution in [2.45, 2.75) is 19.3 Å². The van der Waals surface area contributed by atoms with Crippen molar-refractivity contribution in [2.24, 2.45) is 5.92 Å². The van der Waals surface area contributed by atoms with Crippen LogP contribution in [0.1, 0.15) is 18.4 Å². The normalized spacial score (nSPS) is 15.7. The summed E-state index contributed by atoms with van der Waals surface area (Å²) in [6.45, 7) is 1.77. The Morgan fingerprint density at radius 2 is 1.95 bits per heavy atom. The van der Waals surface area contributed by atoms with E-state index < -0.39 is 0 Å². The second-order valence-corrected chi connectivity index (χ2v) is 5.02. The van der Waals surface area contributed by atoms with Crippen LogP contribution in [0.2, 0.25) is 0 Å². The lowest BCUT2D eigenvalue weighted by molar-refractivity contribution is -0.121. The number of para-hydroxylation sites is 1. The molecule has 20 heavy (non-hydrogen) atoms. The van der Waals surface area contributed by atoms with Gasteiger partial charge in [0.25, 0.3) is 0 Å². The molecule has 5 nitrogen and oxygen atoms in total. The lowest BCUT2D eigenvalue weighted by atomic mass is 9.97. The van der Waals surface area contributed by atoms with Crippen molar-refractivity contribution in [3.8, 4) is 0 Å². The highest BCUT2D eigenvalue weighted by molar-refractivity contribution is 5.94. The molecule has 108 valence electrons. The molecular formula is C15H21N3O2. The molecule has 0 saturated carbocycles. The van der Waals surface area contributed by atoms with E-state index in [0.29, 0.717) is 0 Å². The van der Waals surface area contributed by atoms with Gasteiger partial charge in [-0.1, -0.05) is 18.2 Å². The molecule has 1 aromatic carbocycles. The van der Waals surface area contributed by atoms with E-state index in [1.54, 1.807) is 7.05 Å². The Balaban J connectivity index is 2.04. The topological polar surface area (TPSA) is 70.2 Å². The first kappa shape index (κ1) is 14.5. The maximum atomic E-state index is 12.2.